The van der Waals surface area contributed by atoms with Crippen LogP contribution in [-0.4, -0.2) is 46.1 Å². The molecule has 0 aliphatic carbocycles. The van der Waals surface area contributed by atoms with Crippen LogP contribution in [0.25, 0.3) is 11.0 Å². The van der Waals surface area contributed by atoms with Crippen molar-refractivity contribution in [2.45, 2.75) is 38.9 Å². The van der Waals surface area contributed by atoms with Crippen molar-refractivity contribution in [3.63, 3.8) is 0 Å². The highest BCUT2D eigenvalue weighted by molar-refractivity contribution is 5.85. The van der Waals surface area contributed by atoms with Gasteiger partial charge in [0.05, 0.1) is 11.0 Å². The molecule has 6 nitrogen and oxygen atoms in total. The summed E-state index contributed by atoms with van der Waals surface area (Å²) < 4.78 is 3.31. The second kappa shape index (κ2) is 7.85. The predicted molar refractivity (Wildman–Crippen MR) is 97.8 cm³/mol. The molecule has 7 heteroatoms. The molecule has 1 saturated heterocycles. The second-order valence-corrected chi connectivity index (χ2v) is 6.09. The number of benzene rings is 1. The van der Waals surface area contributed by atoms with Gasteiger partial charge in [0.1, 0.15) is 6.54 Å². The van der Waals surface area contributed by atoms with E-state index < -0.39 is 0 Å². The van der Waals surface area contributed by atoms with Crippen LogP contribution in [-0.2, 0) is 17.9 Å². The molecule has 24 heavy (non-hydrogen) atoms. The minimum absolute atomic E-state index is 0. The van der Waals surface area contributed by atoms with Crippen molar-refractivity contribution in [1.82, 2.24) is 19.4 Å². The normalized spacial score (nSPS) is 15.2. The maximum Gasteiger partial charge on any atom is 0.329 e. The fraction of sp³-hybridized carbons (Fsp3) is 0.529. The molecular weight excluding hydrogens is 328 g/mol. The molecule has 1 fully saturated rings. The molecule has 0 radical (unpaired) electrons. The van der Waals surface area contributed by atoms with E-state index in [-0.39, 0.29) is 36.6 Å². The van der Waals surface area contributed by atoms with Gasteiger partial charge in [0.15, 0.2) is 0 Å². The third kappa shape index (κ3) is 3.35. The fourth-order valence-electron chi connectivity index (χ4n) is 3.38. The Hall–Kier alpha value is -1.79. The average molecular weight is 353 g/mol. The van der Waals surface area contributed by atoms with Crippen LogP contribution in [0.5, 0.6) is 0 Å². The summed E-state index contributed by atoms with van der Waals surface area (Å²) in [7, 11) is 1.85. The molecule has 2 aromatic rings. The van der Waals surface area contributed by atoms with Gasteiger partial charge in [-0.05, 0) is 45.0 Å². The number of piperidine rings is 1. The van der Waals surface area contributed by atoms with E-state index in [2.05, 4.69) is 5.32 Å². The Labute approximate surface area is 147 Å². The minimum atomic E-state index is -0.110. The smallest absolute Gasteiger partial charge is 0.329 e. The number of aryl methyl sites for hydroxylation is 1. The first-order chi connectivity index (χ1) is 11.1. The fourth-order valence-corrected chi connectivity index (χ4v) is 3.38. The topological polar surface area (TPSA) is 59.3 Å². The molecule has 1 aliphatic rings. The molecular formula is C17H25ClN4O2. The zero-order chi connectivity index (χ0) is 16.4. The number of rotatable bonds is 4. The van der Waals surface area contributed by atoms with Crippen LogP contribution < -0.4 is 11.0 Å². The van der Waals surface area contributed by atoms with Gasteiger partial charge in [0.25, 0.3) is 0 Å². The minimum Gasteiger partial charge on any atom is -0.341 e. The molecule has 3 rings (SSSR count). The summed E-state index contributed by atoms with van der Waals surface area (Å²) in [6.07, 6.45) is 1.93. The number of nitrogens with zero attached hydrogens (tertiary/aromatic N) is 3. The van der Waals surface area contributed by atoms with Crippen molar-refractivity contribution in [3.05, 3.63) is 34.7 Å². The first-order valence-corrected chi connectivity index (χ1v) is 8.28. The van der Waals surface area contributed by atoms with E-state index in [0.717, 1.165) is 37.0 Å². The van der Waals surface area contributed by atoms with Crippen LogP contribution in [0.1, 0.15) is 19.8 Å². The number of carbonyl (C=O) groups is 1. The van der Waals surface area contributed by atoms with Crippen molar-refractivity contribution < 1.29 is 4.79 Å². The molecule has 1 aromatic carbocycles. The van der Waals surface area contributed by atoms with Crippen LogP contribution >= 0.6 is 12.4 Å². The van der Waals surface area contributed by atoms with Crippen LogP contribution in [0.3, 0.4) is 0 Å². The molecule has 0 spiro atoms. The summed E-state index contributed by atoms with van der Waals surface area (Å²) in [5, 5.41) is 3.31. The maximum atomic E-state index is 12.6. The van der Waals surface area contributed by atoms with Crippen molar-refractivity contribution >= 4 is 29.3 Å². The Balaban J connectivity index is 0.00000208. The molecule has 1 N–H and O–H groups in total. The number of hydrogen-bond donors (Lipinski definition) is 1. The lowest BCUT2D eigenvalue weighted by Crippen LogP contribution is -2.45. The maximum absolute atomic E-state index is 12.6. The molecule has 0 atom stereocenters. The lowest BCUT2D eigenvalue weighted by molar-refractivity contribution is -0.133. The Morgan fingerprint density at radius 2 is 1.79 bits per heavy atom. The van der Waals surface area contributed by atoms with Gasteiger partial charge in [-0.3, -0.25) is 13.9 Å². The van der Waals surface area contributed by atoms with Crippen LogP contribution in [0.15, 0.2) is 29.1 Å². The number of likely N-dealkylation sites (N-methyl/N-ethyl adjacent to an activating group) is 1. The highest BCUT2D eigenvalue weighted by Gasteiger charge is 2.23. The van der Waals surface area contributed by atoms with E-state index in [4.69, 9.17) is 0 Å². The quantitative estimate of drug-likeness (QED) is 0.906. The number of halogens is 1. The molecule has 0 bridgehead atoms. The number of hydrogen-bond acceptors (Lipinski definition) is 3. The third-order valence-electron chi connectivity index (χ3n) is 4.78. The summed E-state index contributed by atoms with van der Waals surface area (Å²) in [5.74, 6) is -0.00185. The molecule has 0 saturated carbocycles. The standard InChI is InChI=1S/C17H24N4O2.ClH/c1-3-20-14-6-4-5-7-15(14)21(17(20)23)12-16(22)19(2)13-8-10-18-11-9-13;/h4-7,13,18H,3,8-12H2,1-2H3;1H. The molecule has 1 aromatic heterocycles. The third-order valence-corrected chi connectivity index (χ3v) is 4.78. The lowest BCUT2D eigenvalue weighted by Gasteiger charge is -2.31. The average Bonchev–Trinajstić information content (AvgIpc) is 2.86. The predicted octanol–water partition coefficient (Wildman–Crippen LogP) is 1.46. The SMILES string of the molecule is CCn1c(=O)n(CC(=O)N(C)C2CCNCC2)c2ccccc21.Cl. The largest absolute Gasteiger partial charge is 0.341 e. The molecule has 0 unspecified atom stereocenters. The number of para-hydroxylation sites is 2. The Kier molecular flexibility index (Phi) is 6.07. The van der Waals surface area contributed by atoms with Gasteiger partial charge >= 0.3 is 5.69 Å². The van der Waals surface area contributed by atoms with Gasteiger partial charge in [0, 0.05) is 19.6 Å². The number of fused-ring (bicyclic) bond motifs is 1. The molecule has 132 valence electrons. The first-order valence-electron chi connectivity index (χ1n) is 8.28. The van der Waals surface area contributed by atoms with Gasteiger partial charge in [-0.1, -0.05) is 12.1 Å². The molecule has 1 amide bonds. The van der Waals surface area contributed by atoms with Gasteiger partial charge in [-0.15, -0.1) is 12.4 Å². The van der Waals surface area contributed by atoms with Gasteiger partial charge in [-0.2, -0.15) is 0 Å². The van der Waals surface area contributed by atoms with Crippen LogP contribution in [0.4, 0.5) is 0 Å². The van der Waals surface area contributed by atoms with E-state index in [0.29, 0.717) is 6.54 Å². The summed E-state index contributed by atoms with van der Waals surface area (Å²) >= 11 is 0. The monoisotopic (exact) mass is 352 g/mol. The number of carbonyl (C=O) groups excluding carboxylic acids is 1. The number of aromatic nitrogens is 2. The van der Waals surface area contributed by atoms with Crippen molar-refractivity contribution in [3.8, 4) is 0 Å². The van der Waals surface area contributed by atoms with E-state index in [9.17, 15) is 9.59 Å². The summed E-state index contributed by atoms with van der Waals surface area (Å²) in [6.45, 7) is 4.54. The number of amides is 1. The van der Waals surface area contributed by atoms with E-state index in [1.165, 1.54) is 0 Å². The van der Waals surface area contributed by atoms with Crippen LogP contribution in [0.2, 0.25) is 0 Å². The number of imidazole rings is 1. The zero-order valence-electron chi connectivity index (χ0n) is 14.2. The van der Waals surface area contributed by atoms with E-state index >= 15 is 0 Å². The summed E-state index contributed by atoms with van der Waals surface area (Å²) in [5.41, 5.74) is 1.60. The van der Waals surface area contributed by atoms with Gasteiger partial charge < -0.3 is 10.2 Å². The first kappa shape index (κ1) is 18.5. The van der Waals surface area contributed by atoms with Gasteiger partial charge in [0.2, 0.25) is 5.91 Å². The Bertz CT molecular complexity index is 762. The van der Waals surface area contributed by atoms with Crippen LogP contribution in [0, 0.1) is 0 Å². The molecule has 2 heterocycles. The van der Waals surface area contributed by atoms with Crippen molar-refractivity contribution in [2.24, 2.45) is 0 Å². The zero-order valence-corrected chi connectivity index (χ0v) is 15.0. The van der Waals surface area contributed by atoms with E-state index in [1.807, 2.05) is 43.1 Å². The lowest BCUT2D eigenvalue weighted by atomic mass is 10.1. The Morgan fingerprint density at radius 3 is 2.38 bits per heavy atom. The van der Waals surface area contributed by atoms with Crippen molar-refractivity contribution in [1.29, 1.82) is 0 Å². The summed E-state index contributed by atoms with van der Waals surface area (Å²) in [4.78, 5) is 27.1. The van der Waals surface area contributed by atoms with E-state index in [1.54, 1.807) is 9.13 Å². The highest BCUT2D eigenvalue weighted by Crippen LogP contribution is 2.14. The number of nitrogens with one attached hydrogen (secondary N) is 1. The summed E-state index contributed by atoms with van der Waals surface area (Å²) in [6, 6.07) is 7.91. The second-order valence-electron chi connectivity index (χ2n) is 6.09. The highest BCUT2D eigenvalue weighted by atomic mass is 35.5. The van der Waals surface area contributed by atoms with Gasteiger partial charge in [-0.25, -0.2) is 4.79 Å². The molecule has 1 aliphatic heterocycles. The Morgan fingerprint density at radius 1 is 1.21 bits per heavy atom. The van der Waals surface area contributed by atoms with Crippen molar-refractivity contribution in [2.75, 3.05) is 20.1 Å².